The predicted molar refractivity (Wildman–Crippen MR) is 64.4 cm³/mol. The Morgan fingerprint density at radius 1 is 1.14 bits per heavy atom. The van der Waals surface area contributed by atoms with Crippen LogP contribution in [0.15, 0.2) is 0 Å². The van der Waals surface area contributed by atoms with E-state index in [1.165, 1.54) is 38.5 Å². The fraction of sp³-hybridized carbons (Fsp3) is 1.00. The molecule has 1 fully saturated rings. The Hall–Kier alpha value is 0. The Labute approximate surface area is 90.5 Å². The van der Waals surface area contributed by atoms with E-state index in [1.807, 2.05) is 0 Å². The molecule has 0 radical (unpaired) electrons. The second-order valence-corrected chi connectivity index (χ2v) is 5.47. The van der Waals surface area contributed by atoms with Crippen LogP contribution in [0.25, 0.3) is 0 Å². The highest BCUT2D eigenvalue weighted by Crippen LogP contribution is 2.38. The van der Waals surface area contributed by atoms with E-state index in [2.05, 4.69) is 27.7 Å². The van der Waals surface area contributed by atoms with Crippen LogP contribution in [0, 0.1) is 23.7 Å². The summed E-state index contributed by atoms with van der Waals surface area (Å²) in [6.07, 6.45) is 8.72. The maximum Gasteiger partial charge on any atom is -0.0383 e. The molecule has 3 unspecified atom stereocenters. The summed E-state index contributed by atoms with van der Waals surface area (Å²) >= 11 is 0. The third-order valence-electron chi connectivity index (χ3n) is 4.51. The van der Waals surface area contributed by atoms with E-state index in [0.717, 1.165) is 23.7 Å². The van der Waals surface area contributed by atoms with Gasteiger partial charge in [-0.3, -0.25) is 0 Å². The topological polar surface area (TPSA) is 0 Å². The molecule has 0 heteroatoms. The van der Waals surface area contributed by atoms with E-state index in [1.54, 1.807) is 0 Å². The smallest absolute Gasteiger partial charge is 0.0383 e. The lowest BCUT2D eigenvalue weighted by molar-refractivity contribution is 0.158. The van der Waals surface area contributed by atoms with Gasteiger partial charge in [0.25, 0.3) is 0 Å². The van der Waals surface area contributed by atoms with Crippen LogP contribution in [0.5, 0.6) is 0 Å². The molecule has 0 nitrogen and oxygen atoms in total. The van der Waals surface area contributed by atoms with Gasteiger partial charge in [0, 0.05) is 0 Å². The first-order chi connectivity index (χ1) is 6.69. The van der Waals surface area contributed by atoms with E-state index in [4.69, 9.17) is 0 Å². The third kappa shape index (κ3) is 3.00. The predicted octanol–water partition coefficient (Wildman–Crippen LogP) is 4.89. The van der Waals surface area contributed by atoms with Crippen molar-refractivity contribution in [1.82, 2.24) is 0 Å². The zero-order valence-corrected chi connectivity index (χ0v) is 10.6. The Morgan fingerprint density at radius 3 is 2.29 bits per heavy atom. The molecule has 84 valence electrons. The fourth-order valence-electron chi connectivity index (χ4n) is 3.38. The van der Waals surface area contributed by atoms with Gasteiger partial charge in [-0.25, -0.2) is 0 Å². The quantitative estimate of drug-likeness (QED) is 0.601. The van der Waals surface area contributed by atoms with Crippen LogP contribution in [0.3, 0.4) is 0 Å². The van der Waals surface area contributed by atoms with Crippen LogP contribution in [-0.2, 0) is 0 Å². The third-order valence-corrected chi connectivity index (χ3v) is 4.51. The summed E-state index contributed by atoms with van der Waals surface area (Å²) in [6, 6.07) is 0. The number of rotatable bonds is 4. The fourth-order valence-corrected chi connectivity index (χ4v) is 3.38. The lowest BCUT2D eigenvalue weighted by atomic mass is 9.71. The van der Waals surface area contributed by atoms with Crippen LogP contribution in [-0.4, -0.2) is 0 Å². The van der Waals surface area contributed by atoms with Gasteiger partial charge >= 0.3 is 0 Å². The molecule has 1 aliphatic rings. The maximum atomic E-state index is 2.50. The summed E-state index contributed by atoms with van der Waals surface area (Å²) in [5.74, 6) is 3.97. The van der Waals surface area contributed by atoms with E-state index in [-0.39, 0.29) is 0 Å². The average molecular weight is 196 g/mol. The van der Waals surface area contributed by atoms with Crippen molar-refractivity contribution in [3.63, 3.8) is 0 Å². The molecule has 1 saturated carbocycles. The van der Waals surface area contributed by atoms with Crippen LogP contribution in [0.4, 0.5) is 0 Å². The molecule has 0 aromatic carbocycles. The van der Waals surface area contributed by atoms with E-state index in [9.17, 15) is 0 Å². The standard InChI is InChI=1S/C14H28/c1-5-13(6-2)12(4)14-9-7-8-11(3)10-14/h11-14H,5-10H2,1-4H3. The van der Waals surface area contributed by atoms with Gasteiger partial charge in [0.05, 0.1) is 0 Å². The highest BCUT2D eigenvalue weighted by Gasteiger charge is 2.27. The van der Waals surface area contributed by atoms with Gasteiger partial charge in [0.15, 0.2) is 0 Å². The zero-order valence-electron chi connectivity index (χ0n) is 10.6. The summed E-state index contributed by atoms with van der Waals surface area (Å²) < 4.78 is 0. The SMILES string of the molecule is CCC(CC)C(C)C1CCCC(C)C1. The molecule has 0 N–H and O–H groups in total. The minimum absolute atomic E-state index is 0.966. The van der Waals surface area contributed by atoms with Gasteiger partial charge in [-0.1, -0.05) is 59.8 Å². The first kappa shape index (κ1) is 12.1. The minimum Gasteiger partial charge on any atom is -0.0651 e. The van der Waals surface area contributed by atoms with Crippen LogP contribution in [0.2, 0.25) is 0 Å². The van der Waals surface area contributed by atoms with Crippen molar-refractivity contribution in [3.8, 4) is 0 Å². The average Bonchev–Trinajstić information content (AvgIpc) is 2.19. The van der Waals surface area contributed by atoms with Crippen molar-refractivity contribution < 1.29 is 0 Å². The molecule has 3 atom stereocenters. The Bertz CT molecular complexity index is 146. The van der Waals surface area contributed by atoms with Crippen molar-refractivity contribution in [2.45, 2.75) is 66.2 Å². The molecule has 0 aromatic heterocycles. The van der Waals surface area contributed by atoms with Crippen molar-refractivity contribution in [2.24, 2.45) is 23.7 Å². The summed E-state index contributed by atoms with van der Waals surface area (Å²) in [5.41, 5.74) is 0. The molecule has 0 bridgehead atoms. The Balaban J connectivity index is 2.45. The van der Waals surface area contributed by atoms with Crippen LogP contribution < -0.4 is 0 Å². The molecule has 0 spiro atoms. The first-order valence-electron chi connectivity index (χ1n) is 6.69. The molecule has 1 rings (SSSR count). The van der Waals surface area contributed by atoms with Gasteiger partial charge in [0.2, 0.25) is 0 Å². The zero-order chi connectivity index (χ0) is 10.6. The van der Waals surface area contributed by atoms with Gasteiger partial charge in [-0.05, 0) is 30.1 Å². The number of hydrogen-bond acceptors (Lipinski definition) is 0. The second kappa shape index (κ2) is 5.78. The Kier molecular flexibility index (Phi) is 4.98. The normalized spacial score (nSPS) is 30.6. The highest BCUT2D eigenvalue weighted by atomic mass is 14.3. The van der Waals surface area contributed by atoms with Crippen molar-refractivity contribution in [2.75, 3.05) is 0 Å². The van der Waals surface area contributed by atoms with Crippen molar-refractivity contribution in [1.29, 1.82) is 0 Å². The molecule has 0 aromatic rings. The lowest BCUT2D eigenvalue weighted by Gasteiger charge is -2.35. The lowest BCUT2D eigenvalue weighted by Crippen LogP contribution is -2.25. The van der Waals surface area contributed by atoms with Crippen molar-refractivity contribution >= 4 is 0 Å². The molecular formula is C14H28. The number of hydrogen-bond donors (Lipinski definition) is 0. The second-order valence-electron chi connectivity index (χ2n) is 5.47. The largest absolute Gasteiger partial charge is 0.0651 e. The maximum absolute atomic E-state index is 2.50. The van der Waals surface area contributed by atoms with Gasteiger partial charge in [-0.15, -0.1) is 0 Å². The van der Waals surface area contributed by atoms with Crippen LogP contribution in [0.1, 0.15) is 66.2 Å². The van der Waals surface area contributed by atoms with Gasteiger partial charge < -0.3 is 0 Å². The monoisotopic (exact) mass is 196 g/mol. The van der Waals surface area contributed by atoms with Crippen LogP contribution >= 0.6 is 0 Å². The van der Waals surface area contributed by atoms with E-state index in [0.29, 0.717) is 0 Å². The van der Waals surface area contributed by atoms with Gasteiger partial charge in [0.1, 0.15) is 0 Å². The summed E-state index contributed by atoms with van der Waals surface area (Å²) in [7, 11) is 0. The molecular weight excluding hydrogens is 168 g/mol. The molecule has 0 aliphatic heterocycles. The summed E-state index contributed by atoms with van der Waals surface area (Å²) in [5, 5.41) is 0. The first-order valence-corrected chi connectivity index (χ1v) is 6.69. The molecule has 0 amide bonds. The molecule has 14 heavy (non-hydrogen) atoms. The minimum atomic E-state index is 0.966. The Morgan fingerprint density at radius 2 is 1.79 bits per heavy atom. The van der Waals surface area contributed by atoms with Crippen molar-refractivity contribution in [3.05, 3.63) is 0 Å². The van der Waals surface area contributed by atoms with E-state index >= 15 is 0 Å². The summed E-state index contributed by atoms with van der Waals surface area (Å²) in [6.45, 7) is 9.65. The molecule has 1 aliphatic carbocycles. The highest BCUT2D eigenvalue weighted by molar-refractivity contribution is 4.78. The van der Waals surface area contributed by atoms with E-state index < -0.39 is 0 Å². The summed E-state index contributed by atoms with van der Waals surface area (Å²) in [4.78, 5) is 0. The molecule has 0 heterocycles. The molecule has 0 saturated heterocycles. The van der Waals surface area contributed by atoms with Gasteiger partial charge in [-0.2, -0.15) is 0 Å².